The standard InChI is InChI=1S/C36H49N2O4/c1-4-5-6-7-8-9-10-11-12-13-14-20-27-42-33-25-24-31(28-34(33)41-3)36(40)38(29-32-23-18-19-26-37(32)2)35(39)30-21-16-15-17-22-30/h15-19,21-26,28H,4-14,20,27,29H2,1-3H3/q+1. The van der Waals surface area contributed by atoms with E-state index in [1.165, 1.54) is 69.1 Å². The molecule has 0 N–H and O–H groups in total. The number of unbranched alkanes of at least 4 members (excludes halogenated alkanes) is 11. The molecule has 42 heavy (non-hydrogen) atoms. The summed E-state index contributed by atoms with van der Waals surface area (Å²) in [6, 6.07) is 19.7. The van der Waals surface area contributed by atoms with Gasteiger partial charge >= 0.3 is 0 Å². The Kier molecular flexibility index (Phi) is 14.6. The van der Waals surface area contributed by atoms with Crippen LogP contribution in [0.1, 0.15) is 110 Å². The molecule has 0 aliphatic carbocycles. The van der Waals surface area contributed by atoms with Gasteiger partial charge in [-0.05, 0) is 36.8 Å². The van der Waals surface area contributed by atoms with Crippen LogP contribution in [0.15, 0.2) is 72.9 Å². The number of carbonyl (C=O) groups is 2. The molecule has 0 saturated carbocycles. The van der Waals surface area contributed by atoms with E-state index in [0.29, 0.717) is 29.2 Å². The first kappa shape index (κ1) is 32.8. The number of pyridine rings is 1. The predicted octanol–water partition coefficient (Wildman–Crippen LogP) is 8.08. The lowest BCUT2D eigenvalue weighted by Gasteiger charge is -2.21. The van der Waals surface area contributed by atoms with E-state index in [1.807, 2.05) is 42.1 Å². The van der Waals surface area contributed by atoms with Crippen LogP contribution in [-0.2, 0) is 13.6 Å². The van der Waals surface area contributed by atoms with Crippen molar-refractivity contribution in [2.45, 2.75) is 90.5 Å². The number of imide groups is 1. The monoisotopic (exact) mass is 573 g/mol. The minimum Gasteiger partial charge on any atom is -0.493 e. The van der Waals surface area contributed by atoms with Crippen LogP contribution >= 0.6 is 0 Å². The molecular weight excluding hydrogens is 524 g/mol. The van der Waals surface area contributed by atoms with Crippen molar-refractivity contribution >= 4 is 11.8 Å². The van der Waals surface area contributed by atoms with E-state index in [-0.39, 0.29) is 12.5 Å². The van der Waals surface area contributed by atoms with Crippen molar-refractivity contribution in [3.8, 4) is 11.5 Å². The van der Waals surface area contributed by atoms with Crippen LogP contribution in [0.2, 0.25) is 0 Å². The van der Waals surface area contributed by atoms with Crippen molar-refractivity contribution in [2.75, 3.05) is 13.7 Å². The van der Waals surface area contributed by atoms with Crippen molar-refractivity contribution in [3.63, 3.8) is 0 Å². The van der Waals surface area contributed by atoms with Gasteiger partial charge in [-0.15, -0.1) is 0 Å². The van der Waals surface area contributed by atoms with Gasteiger partial charge in [0.2, 0.25) is 5.69 Å². The summed E-state index contributed by atoms with van der Waals surface area (Å²) in [5.41, 5.74) is 1.66. The van der Waals surface area contributed by atoms with Gasteiger partial charge in [0.15, 0.2) is 17.7 Å². The smallest absolute Gasteiger partial charge is 0.261 e. The summed E-state index contributed by atoms with van der Waals surface area (Å²) in [7, 11) is 3.47. The summed E-state index contributed by atoms with van der Waals surface area (Å²) >= 11 is 0. The number of aryl methyl sites for hydroxylation is 1. The minimum absolute atomic E-state index is 0.142. The van der Waals surface area contributed by atoms with Crippen LogP contribution < -0.4 is 14.0 Å². The second-order valence-corrected chi connectivity index (χ2v) is 11.0. The second-order valence-electron chi connectivity index (χ2n) is 11.0. The van der Waals surface area contributed by atoms with Gasteiger partial charge in [-0.25, -0.2) is 4.57 Å². The molecule has 2 aromatic carbocycles. The zero-order chi connectivity index (χ0) is 30.0. The summed E-state index contributed by atoms with van der Waals surface area (Å²) in [5, 5.41) is 0. The van der Waals surface area contributed by atoms with Crippen molar-refractivity contribution in [1.29, 1.82) is 0 Å². The largest absolute Gasteiger partial charge is 0.493 e. The highest BCUT2D eigenvalue weighted by Gasteiger charge is 2.27. The van der Waals surface area contributed by atoms with Crippen LogP contribution in [0.3, 0.4) is 0 Å². The molecule has 1 aromatic heterocycles. The third-order valence-electron chi connectivity index (χ3n) is 7.66. The fourth-order valence-corrected chi connectivity index (χ4v) is 5.06. The number of aromatic nitrogens is 1. The van der Waals surface area contributed by atoms with Crippen molar-refractivity contribution in [1.82, 2.24) is 4.90 Å². The van der Waals surface area contributed by atoms with Gasteiger partial charge in [-0.2, -0.15) is 0 Å². The molecule has 0 aliphatic heterocycles. The topological polar surface area (TPSA) is 59.7 Å². The fourth-order valence-electron chi connectivity index (χ4n) is 5.06. The average molecular weight is 574 g/mol. The first-order chi connectivity index (χ1) is 20.5. The third kappa shape index (κ3) is 10.6. The van der Waals surface area contributed by atoms with Gasteiger partial charge in [0.25, 0.3) is 11.8 Å². The Bertz CT molecular complexity index is 1230. The average Bonchev–Trinajstić information content (AvgIpc) is 3.02. The van der Waals surface area contributed by atoms with Crippen LogP contribution in [0.25, 0.3) is 0 Å². The highest BCUT2D eigenvalue weighted by atomic mass is 16.5. The summed E-state index contributed by atoms with van der Waals surface area (Å²) in [6.45, 7) is 3.01. The van der Waals surface area contributed by atoms with E-state index in [1.54, 1.807) is 49.6 Å². The maximum Gasteiger partial charge on any atom is 0.261 e. The van der Waals surface area contributed by atoms with Crippen LogP contribution in [-0.4, -0.2) is 30.4 Å². The van der Waals surface area contributed by atoms with Crippen molar-refractivity contribution in [2.24, 2.45) is 7.05 Å². The molecule has 6 nitrogen and oxygen atoms in total. The quantitative estimate of drug-likeness (QED) is 0.0826. The summed E-state index contributed by atoms with van der Waals surface area (Å²) in [4.78, 5) is 28.5. The molecule has 3 rings (SSSR count). The Balaban J connectivity index is 1.53. The van der Waals surface area contributed by atoms with Gasteiger partial charge in [-0.1, -0.05) is 102 Å². The SMILES string of the molecule is CCCCCCCCCCCCCCOc1ccc(C(=O)N(Cc2cccc[n+]2C)C(=O)c2ccccc2)cc1OC. The molecule has 2 amide bonds. The molecule has 3 aromatic rings. The fraction of sp³-hybridized carbons (Fsp3) is 0.472. The van der Waals surface area contributed by atoms with Gasteiger partial charge in [0.05, 0.1) is 13.7 Å². The predicted molar refractivity (Wildman–Crippen MR) is 168 cm³/mol. The van der Waals surface area contributed by atoms with E-state index in [9.17, 15) is 9.59 Å². The molecule has 0 aliphatic rings. The molecule has 0 bridgehead atoms. The maximum atomic E-state index is 13.7. The molecule has 226 valence electrons. The minimum atomic E-state index is -0.390. The van der Waals surface area contributed by atoms with Gasteiger partial charge < -0.3 is 9.47 Å². The summed E-state index contributed by atoms with van der Waals surface area (Å²) in [6.07, 6.45) is 17.4. The Morgan fingerprint density at radius 2 is 1.29 bits per heavy atom. The normalized spacial score (nSPS) is 10.8. The number of amides is 2. The number of hydrogen-bond acceptors (Lipinski definition) is 4. The molecule has 1 heterocycles. The highest BCUT2D eigenvalue weighted by Crippen LogP contribution is 2.29. The Hall–Kier alpha value is -3.67. The number of nitrogens with zero attached hydrogens (tertiary/aromatic N) is 2. The molecule has 0 unspecified atom stereocenters. The zero-order valence-electron chi connectivity index (χ0n) is 25.9. The second kappa shape index (κ2) is 18.7. The molecule has 0 spiro atoms. The molecule has 0 atom stereocenters. The number of hydrogen-bond donors (Lipinski definition) is 0. The van der Waals surface area contributed by atoms with Crippen LogP contribution in [0, 0.1) is 0 Å². The molecular formula is C36H49N2O4+. The van der Waals surface area contributed by atoms with E-state index in [0.717, 1.165) is 18.5 Å². The lowest BCUT2D eigenvalue weighted by atomic mass is 10.1. The molecule has 6 heteroatoms. The van der Waals surface area contributed by atoms with Gasteiger partial charge in [-0.3, -0.25) is 14.5 Å². The summed E-state index contributed by atoms with van der Waals surface area (Å²) < 4.78 is 13.5. The van der Waals surface area contributed by atoms with Crippen LogP contribution in [0.4, 0.5) is 0 Å². The number of ether oxygens (including phenoxy) is 2. The molecule has 0 fully saturated rings. The number of benzene rings is 2. The third-order valence-corrected chi connectivity index (χ3v) is 7.66. The van der Waals surface area contributed by atoms with Gasteiger partial charge in [0.1, 0.15) is 13.6 Å². The van der Waals surface area contributed by atoms with Crippen LogP contribution in [0.5, 0.6) is 11.5 Å². The Morgan fingerprint density at radius 3 is 1.90 bits per heavy atom. The summed E-state index contributed by atoms with van der Waals surface area (Å²) in [5.74, 6) is 0.346. The van der Waals surface area contributed by atoms with E-state index < -0.39 is 5.91 Å². The molecule has 0 saturated heterocycles. The Labute approximate surface area is 252 Å². The first-order valence-electron chi connectivity index (χ1n) is 15.7. The highest BCUT2D eigenvalue weighted by molar-refractivity contribution is 6.10. The first-order valence-corrected chi connectivity index (χ1v) is 15.7. The number of carbonyl (C=O) groups excluding carboxylic acids is 2. The lowest BCUT2D eigenvalue weighted by Crippen LogP contribution is -2.42. The zero-order valence-corrected chi connectivity index (χ0v) is 25.9. The Morgan fingerprint density at radius 1 is 0.690 bits per heavy atom. The van der Waals surface area contributed by atoms with Gasteiger partial charge in [0, 0.05) is 23.3 Å². The number of rotatable bonds is 19. The van der Waals surface area contributed by atoms with Crippen molar-refractivity contribution < 1.29 is 23.6 Å². The lowest BCUT2D eigenvalue weighted by molar-refractivity contribution is -0.679. The molecule has 0 radical (unpaired) electrons. The van der Waals surface area contributed by atoms with E-state index >= 15 is 0 Å². The van der Waals surface area contributed by atoms with Crippen molar-refractivity contribution in [3.05, 3.63) is 89.7 Å². The van der Waals surface area contributed by atoms with E-state index in [4.69, 9.17) is 9.47 Å². The maximum absolute atomic E-state index is 13.7. The van der Waals surface area contributed by atoms with E-state index in [2.05, 4.69) is 6.92 Å². The number of methoxy groups -OCH3 is 1.